The Balaban J connectivity index is 2.22. The Morgan fingerprint density at radius 2 is 2.33 bits per heavy atom. The first-order valence-electron chi connectivity index (χ1n) is 6.15. The van der Waals surface area contributed by atoms with Gasteiger partial charge >= 0.3 is 0 Å². The molecule has 0 aromatic carbocycles. The third-order valence-corrected chi connectivity index (χ3v) is 4.22. The second-order valence-corrected chi connectivity index (χ2v) is 6.00. The van der Waals surface area contributed by atoms with Crippen LogP contribution < -0.4 is 9.64 Å². The van der Waals surface area contributed by atoms with E-state index in [1.165, 1.54) is 19.3 Å². The van der Waals surface area contributed by atoms with Crippen molar-refractivity contribution in [1.82, 2.24) is 9.97 Å². The van der Waals surface area contributed by atoms with E-state index in [1.54, 1.807) is 13.3 Å². The van der Waals surface area contributed by atoms with Crippen LogP contribution in [0.3, 0.4) is 0 Å². The molecular weight excluding hydrogens is 362 g/mol. The topological polar surface area (TPSA) is 38.2 Å². The van der Waals surface area contributed by atoms with Gasteiger partial charge in [-0.05, 0) is 41.6 Å². The van der Waals surface area contributed by atoms with E-state index in [0.717, 1.165) is 28.7 Å². The van der Waals surface area contributed by atoms with E-state index in [-0.39, 0.29) is 0 Å². The normalized spacial score (nSPS) is 19.9. The zero-order chi connectivity index (χ0) is 13.0. The van der Waals surface area contributed by atoms with Crippen LogP contribution in [0, 0.1) is 0 Å². The summed E-state index contributed by atoms with van der Waals surface area (Å²) >= 11 is 6.91. The zero-order valence-corrected chi connectivity index (χ0v) is 13.6. The van der Waals surface area contributed by atoms with Crippen LogP contribution in [0.4, 0.5) is 5.95 Å². The number of methoxy groups -OCH3 is 1. The Kier molecular flexibility index (Phi) is 5.24. The number of alkyl halides is 1. The molecule has 1 aliphatic rings. The van der Waals surface area contributed by atoms with E-state index in [2.05, 4.69) is 46.7 Å². The van der Waals surface area contributed by atoms with Crippen LogP contribution in [0.2, 0.25) is 0 Å². The second-order valence-electron chi connectivity index (χ2n) is 4.35. The standard InChI is InChI=1S/C12H17Br2N3O/c1-18-11-10(14)8-15-12(16-11)17-7-3-2-4-9(17)5-6-13/h8-9H,2-7H2,1H3. The molecule has 1 fully saturated rings. The molecule has 0 saturated carbocycles. The van der Waals surface area contributed by atoms with Crippen LogP contribution in [0.25, 0.3) is 0 Å². The number of piperidine rings is 1. The summed E-state index contributed by atoms with van der Waals surface area (Å²) in [4.78, 5) is 11.2. The van der Waals surface area contributed by atoms with Gasteiger partial charge in [0.25, 0.3) is 0 Å². The summed E-state index contributed by atoms with van der Waals surface area (Å²) < 4.78 is 6.03. The maximum Gasteiger partial charge on any atom is 0.232 e. The average molecular weight is 379 g/mol. The zero-order valence-electron chi connectivity index (χ0n) is 10.4. The second kappa shape index (κ2) is 6.70. The molecule has 1 aromatic heterocycles. The first-order chi connectivity index (χ1) is 8.76. The summed E-state index contributed by atoms with van der Waals surface area (Å²) in [7, 11) is 1.63. The molecule has 4 nitrogen and oxygen atoms in total. The molecule has 0 aliphatic carbocycles. The van der Waals surface area contributed by atoms with Crippen molar-refractivity contribution in [1.29, 1.82) is 0 Å². The maximum atomic E-state index is 5.24. The van der Waals surface area contributed by atoms with Crippen LogP contribution in [-0.2, 0) is 0 Å². The minimum atomic E-state index is 0.531. The van der Waals surface area contributed by atoms with Gasteiger partial charge in [-0.15, -0.1) is 0 Å². The van der Waals surface area contributed by atoms with Crippen LogP contribution in [0.5, 0.6) is 5.88 Å². The lowest BCUT2D eigenvalue weighted by Crippen LogP contribution is -2.40. The van der Waals surface area contributed by atoms with E-state index in [4.69, 9.17) is 4.74 Å². The van der Waals surface area contributed by atoms with E-state index in [9.17, 15) is 0 Å². The van der Waals surface area contributed by atoms with Gasteiger partial charge in [-0.3, -0.25) is 0 Å². The molecule has 0 radical (unpaired) electrons. The lowest BCUT2D eigenvalue weighted by atomic mass is 10.0. The summed E-state index contributed by atoms with van der Waals surface area (Å²) in [5, 5.41) is 1.02. The van der Waals surface area contributed by atoms with Crippen molar-refractivity contribution >= 4 is 37.8 Å². The Morgan fingerprint density at radius 1 is 1.50 bits per heavy atom. The van der Waals surface area contributed by atoms with Crippen LogP contribution >= 0.6 is 31.9 Å². The van der Waals surface area contributed by atoms with Gasteiger partial charge in [0.15, 0.2) is 0 Å². The molecule has 1 atom stereocenters. The molecule has 18 heavy (non-hydrogen) atoms. The molecule has 0 N–H and O–H groups in total. The van der Waals surface area contributed by atoms with E-state index in [0.29, 0.717) is 11.9 Å². The first-order valence-corrected chi connectivity index (χ1v) is 8.07. The van der Waals surface area contributed by atoms with Crippen molar-refractivity contribution in [3.63, 3.8) is 0 Å². The third kappa shape index (κ3) is 3.15. The summed E-state index contributed by atoms with van der Waals surface area (Å²) in [5.41, 5.74) is 0. The number of nitrogens with zero attached hydrogens (tertiary/aromatic N) is 3. The molecule has 1 saturated heterocycles. The highest BCUT2D eigenvalue weighted by Gasteiger charge is 2.24. The van der Waals surface area contributed by atoms with Crippen molar-refractivity contribution in [2.75, 3.05) is 23.9 Å². The molecule has 0 spiro atoms. The van der Waals surface area contributed by atoms with Gasteiger partial charge in [0.2, 0.25) is 11.8 Å². The average Bonchev–Trinajstić information content (AvgIpc) is 2.40. The monoisotopic (exact) mass is 377 g/mol. The highest BCUT2D eigenvalue weighted by Crippen LogP contribution is 2.28. The fourth-order valence-electron chi connectivity index (χ4n) is 2.31. The molecule has 1 unspecified atom stereocenters. The number of anilines is 1. The van der Waals surface area contributed by atoms with Gasteiger partial charge in [-0.25, -0.2) is 4.98 Å². The number of aromatic nitrogens is 2. The van der Waals surface area contributed by atoms with Gasteiger partial charge in [0, 0.05) is 17.9 Å². The summed E-state index contributed by atoms with van der Waals surface area (Å²) in [6.07, 6.45) is 6.61. The summed E-state index contributed by atoms with van der Waals surface area (Å²) in [6.45, 7) is 1.03. The molecule has 2 heterocycles. The Hall–Kier alpha value is -0.360. The van der Waals surface area contributed by atoms with Crippen molar-refractivity contribution in [2.45, 2.75) is 31.7 Å². The Labute approximate surface area is 124 Å². The fraction of sp³-hybridized carbons (Fsp3) is 0.667. The van der Waals surface area contributed by atoms with Crippen LogP contribution in [-0.4, -0.2) is 35.0 Å². The van der Waals surface area contributed by atoms with Gasteiger partial charge < -0.3 is 9.64 Å². The van der Waals surface area contributed by atoms with Crippen molar-refractivity contribution in [2.24, 2.45) is 0 Å². The lowest BCUT2D eigenvalue weighted by Gasteiger charge is -2.35. The highest BCUT2D eigenvalue weighted by atomic mass is 79.9. The van der Waals surface area contributed by atoms with E-state index in [1.807, 2.05) is 0 Å². The smallest absolute Gasteiger partial charge is 0.232 e. The third-order valence-electron chi connectivity index (χ3n) is 3.22. The fourth-order valence-corrected chi connectivity index (χ4v) is 3.20. The number of ether oxygens (including phenoxy) is 1. The molecule has 6 heteroatoms. The molecule has 1 aromatic rings. The number of halogens is 2. The minimum absolute atomic E-state index is 0.531. The Bertz CT molecular complexity index is 401. The predicted molar refractivity (Wildman–Crippen MR) is 79.7 cm³/mol. The molecule has 100 valence electrons. The summed E-state index contributed by atoms with van der Waals surface area (Å²) in [5.74, 6) is 1.38. The maximum absolute atomic E-state index is 5.24. The first kappa shape index (κ1) is 14.1. The summed E-state index contributed by atoms with van der Waals surface area (Å²) in [6, 6.07) is 0.531. The van der Waals surface area contributed by atoms with Gasteiger partial charge in [-0.1, -0.05) is 15.9 Å². The molecule has 0 bridgehead atoms. The van der Waals surface area contributed by atoms with Crippen molar-refractivity contribution in [3.05, 3.63) is 10.7 Å². The van der Waals surface area contributed by atoms with Gasteiger partial charge in [-0.2, -0.15) is 4.98 Å². The minimum Gasteiger partial charge on any atom is -0.480 e. The quantitative estimate of drug-likeness (QED) is 0.752. The SMILES string of the molecule is COc1nc(N2CCCCC2CCBr)ncc1Br. The van der Waals surface area contributed by atoms with Crippen molar-refractivity contribution in [3.8, 4) is 5.88 Å². The number of hydrogen-bond acceptors (Lipinski definition) is 4. The van der Waals surface area contributed by atoms with Crippen LogP contribution in [0.1, 0.15) is 25.7 Å². The van der Waals surface area contributed by atoms with Crippen molar-refractivity contribution < 1.29 is 4.74 Å². The largest absolute Gasteiger partial charge is 0.480 e. The molecule has 2 rings (SSSR count). The number of hydrogen-bond donors (Lipinski definition) is 0. The molecular formula is C12H17Br2N3O. The van der Waals surface area contributed by atoms with Gasteiger partial charge in [0.05, 0.1) is 17.8 Å². The van der Waals surface area contributed by atoms with Gasteiger partial charge in [0.1, 0.15) is 0 Å². The highest BCUT2D eigenvalue weighted by molar-refractivity contribution is 9.10. The lowest BCUT2D eigenvalue weighted by molar-refractivity contribution is 0.390. The molecule has 0 amide bonds. The van der Waals surface area contributed by atoms with E-state index < -0.39 is 0 Å². The number of rotatable bonds is 4. The Morgan fingerprint density at radius 3 is 3.06 bits per heavy atom. The van der Waals surface area contributed by atoms with E-state index >= 15 is 0 Å². The predicted octanol–water partition coefficient (Wildman–Crippen LogP) is 3.39. The molecule has 1 aliphatic heterocycles. The van der Waals surface area contributed by atoms with Crippen LogP contribution in [0.15, 0.2) is 10.7 Å².